The molecule has 190 valence electrons. The second-order valence-corrected chi connectivity index (χ2v) is 13.0. The molecule has 4 nitrogen and oxygen atoms in total. The zero-order valence-corrected chi connectivity index (χ0v) is 22.6. The van der Waals surface area contributed by atoms with Crippen LogP contribution in [0.4, 0.5) is 10.5 Å². The minimum atomic E-state index is -0.101. The van der Waals surface area contributed by atoms with Crippen molar-refractivity contribution in [1.29, 1.82) is 0 Å². The fourth-order valence-electron chi connectivity index (χ4n) is 8.36. The molecule has 0 aromatic heterocycles. The van der Waals surface area contributed by atoms with E-state index in [1.807, 2.05) is 11.0 Å². The van der Waals surface area contributed by atoms with E-state index in [2.05, 4.69) is 65.1 Å². The molecule has 1 aromatic rings. The third-order valence-electron chi connectivity index (χ3n) is 10.3. The van der Waals surface area contributed by atoms with Gasteiger partial charge in [0.15, 0.2) is 5.78 Å². The van der Waals surface area contributed by atoms with E-state index >= 15 is 0 Å². The Balaban J connectivity index is 1.54. The number of nitrogens with zero attached hydrogens (tertiary/aromatic N) is 1. The summed E-state index contributed by atoms with van der Waals surface area (Å²) in [5.74, 6) is 2.56. The van der Waals surface area contributed by atoms with Crippen molar-refractivity contribution >= 4 is 17.5 Å². The first-order valence-electron chi connectivity index (χ1n) is 14.0. The lowest BCUT2D eigenvalue weighted by atomic mass is 9.50. The highest BCUT2D eigenvalue weighted by atomic mass is 16.2. The quantitative estimate of drug-likeness (QED) is 0.482. The van der Waals surface area contributed by atoms with Crippen molar-refractivity contribution in [2.45, 2.75) is 98.3 Å². The maximum Gasteiger partial charge on any atom is 0.326 e. The first-order valence-corrected chi connectivity index (χ1v) is 14.0. The molecule has 1 aliphatic heterocycles. The third-order valence-corrected chi connectivity index (χ3v) is 10.3. The summed E-state index contributed by atoms with van der Waals surface area (Å²) in [7, 11) is 0. The molecular weight excluding hydrogens is 432 g/mol. The lowest BCUT2D eigenvalue weighted by molar-refractivity contribution is -0.118. The van der Waals surface area contributed by atoms with Gasteiger partial charge in [0.2, 0.25) is 0 Å². The number of carbonyl (C=O) groups is 2. The molecule has 0 unspecified atom stereocenters. The Labute approximate surface area is 211 Å². The topological polar surface area (TPSA) is 49.4 Å². The van der Waals surface area contributed by atoms with E-state index in [0.29, 0.717) is 41.4 Å². The summed E-state index contributed by atoms with van der Waals surface area (Å²) in [4.78, 5) is 28.8. The molecule has 1 aromatic carbocycles. The molecule has 3 fully saturated rings. The Kier molecular flexibility index (Phi) is 6.17. The number of urea groups is 1. The normalized spacial score (nSPS) is 34.4. The van der Waals surface area contributed by atoms with Crippen LogP contribution in [0.3, 0.4) is 0 Å². The van der Waals surface area contributed by atoms with Gasteiger partial charge in [0, 0.05) is 35.8 Å². The average molecular weight is 477 g/mol. The number of hydrogen-bond donors (Lipinski definition) is 1. The summed E-state index contributed by atoms with van der Waals surface area (Å²) < 4.78 is 0. The molecule has 4 aliphatic rings. The first-order chi connectivity index (χ1) is 16.5. The van der Waals surface area contributed by atoms with Crippen molar-refractivity contribution in [3.05, 3.63) is 41.1 Å². The van der Waals surface area contributed by atoms with E-state index in [4.69, 9.17) is 0 Å². The van der Waals surface area contributed by atoms with Gasteiger partial charge in [0.1, 0.15) is 0 Å². The number of likely N-dealkylation sites (tertiary alicyclic amines) is 1. The summed E-state index contributed by atoms with van der Waals surface area (Å²) in [6.45, 7) is 14.3. The zero-order valence-electron chi connectivity index (χ0n) is 22.6. The molecule has 5 atom stereocenters. The molecule has 2 amide bonds. The van der Waals surface area contributed by atoms with Crippen molar-refractivity contribution in [3.63, 3.8) is 0 Å². The number of ketones is 1. The Morgan fingerprint density at radius 1 is 1.00 bits per heavy atom. The lowest BCUT2D eigenvalue weighted by Crippen LogP contribution is -2.59. The van der Waals surface area contributed by atoms with Crippen LogP contribution < -0.4 is 5.32 Å². The summed E-state index contributed by atoms with van der Waals surface area (Å²) in [5, 5.41) is 3.38. The van der Waals surface area contributed by atoms with Crippen LogP contribution >= 0.6 is 0 Å². The molecule has 1 saturated heterocycles. The first kappa shape index (κ1) is 24.6. The predicted octanol–water partition coefficient (Wildman–Crippen LogP) is 7.87. The number of rotatable bonds is 3. The number of fused-ring (bicyclic) bond motifs is 5. The van der Waals surface area contributed by atoms with E-state index in [1.165, 1.54) is 43.2 Å². The van der Waals surface area contributed by atoms with Crippen molar-refractivity contribution in [3.8, 4) is 0 Å². The van der Waals surface area contributed by atoms with Crippen LogP contribution in [0.2, 0.25) is 0 Å². The molecule has 1 heterocycles. The fraction of sp³-hybridized carbons (Fsp3) is 0.677. The van der Waals surface area contributed by atoms with Gasteiger partial charge in [-0.3, -0.25) is 9.69 Å². The van der Waals surface area contributed by atoms with Gasteiger partial charge in [-0.15, -0.1) is 0 Å². The number of allylic oxidation sites excluding steroid dienone is 2. The Morgan fingerprint density at radius 3 is 2.34 bits per heavy atom. The second-order valence-electron chi connectivity index (χ2n) is 13.0. The Morgan fingerprint density at radius 2 is 1.69 bits per heavy atom. The van der Waals surface area contributed by atoms with Gasteiger partial charge in [-0.25, -0.2) is 4.79 Å². The van der Waals surface area contributed by atoms with Crippen LogP contribution in [-0.2, 0) is 4.79 Å². The number of amides is 2. The number of piperidine rings is 1. The molecule has 35 heavy (non-hydrogen) atoms. The number of nitrogens with one attached hydrogen (secondary N) is 1. The van der Waals surface area contributed by atoms with Gasteiger partial charge in [-0.05, 0) is 78.2 Å². The Bertz CT molecular complexity index is 1030. The minimum Gasteiger partial charge on any atom is -0.307 e. The highest BCUT2D eigenvalue weighted by molar-refractivity contribution is 5.96. The maximum atomic E-state index is 14.1. The smallest absolute Gasteiger partial charge is 0.307 e. The number of para-hydroxylation sites is 1. The molecule has 0 bridgehead atoms. The van der Waals surface area contributed by atoms with E-state index < -0.39 is 0 Å². The van der Waals surface area contributed by atoms with Crippen LogP contribution in [0.1, 0.15) is 109 Å². The summed E-state index contributed by atoms with van der Waals surface area (Å²) in [5.41, 5.74) is 4.61. The molecule has 5 rings (SSSR count). The molecule has 1 N–H and O–H groups in total. The number of benzene rings is 1. The van der Waals surface area contributed by atoms with Crippen molar-refractivity contribution in [1.82, 2.24) is 4.90 Å². The minimum absolute atomic E-state index is 0.0594. The van der Waals surface area contributed by atoms with Crippen molar-refractivity contribution in [2.75, 3.05) is 11.9 Å². The number of anilines is 1. The highest BCUT2D eigenvalue weighted by Gasteiger charge is 2.58. The molecule has 0 radical (unpaired) electrons. The van der Waals surface area contributed by atoms with Gasteiger partial charge in [-0.2, -0.15) is 0 Å². The zero-order chi connectivity index (χ0) is 25.1. The van der Waals surface area contributed by atoms with Crippen LogP contribution in [0.25, 0.3) is 0 Å². The second kappa shape index (κ2) is 8.78. The number of hydrogen-bond acceptors (Lipinski definition) is 2. The molecule has 0 spiro atoms. The van der Waals surface area contributed by atoms with E-state index in [-0.39, 0.29) is 17.2 Å². The molecule has 2 saturated carbocycles. The third kappa shape index (κ3) is 3.96. The van der Waals surface area contributed by atoms with E-state index in [0.717, 1.165) is 24.4 Å². The predicted molar refractivity (Wildman–Crippen MR) is 142 cm³/mol. The average Bonchev–Trinajstić information content (AvgIpc) is 3.21. The SMILES string of the molecule is CC(C)c1cccc(C(C)C)c1NC(=O)N1C[C@H]2[C@@H]3CCC[C@@]3(C)CC[C@@H]2[C@@]2(C)CCC(=O)C=C12. The monoisotopic (exact) mass is 476 g/mol. The van der Waals surface area contributed by atoms with Crippen molar-refractivity contribution < 1.29 is 9.59 Å². The van der Waals surface area contributed by atoms with Crippen molar-refractivity contribution in [2.24, 2.45) is 28.6 Å². The summed E-state index contributed by atoms with van der Waals surface area (Å²) >= 11 is 0. The van der Waals surface area contributed by atoms with Gasteiger partial charge in [0.25, 0.3) is 0 Å². The fourth-order valence-corrected chi connectivity index (χ4v) is 8.36. The largest absolute Gasteiger partial charge is 0.326 e. The maximum absolute atomic E-state index is 14.1. The van der Waals surface area contributed by atoms with Crippen LogP contribution in [0.15, 0.2) is 30.0 Å². The van der Waals surface area contributed by atoms with Crippen LogP contribution in [0, 0.1) is 28.6 Å². The van der Waals surface area contributed by atoms with Gasteiger partial charge < -0.3 is 5.32 Å². The van der Waals surface area contributed by atoms with Gasteiger partial charge in [0.05, 0.1) is 0 Å². The lowest BCUT2D eigenvalue weighted by Gasteiger charge is -2.59. The van der Waals surface area contributed by atoms with E-state index in [9.17, 15) is 9.59 Å². The number of carbonyl (C=O) groups excluding carboxylic acids is 2. The van der Waals surface area contributed by atoms with Crippen LogP contribution in [-0.4, -0.2) is 23.3 Å². The Hall–Kier alpha value is -2.10. The molecular formula is C31H44N2O2. The molecule has 3 aliphatic carbocycles. The van der Waals surface area contributed by atoms with Gasteiger partial charge >= 0.3 is 6.03 Å². The standard InChI is InChI=1S/C31H44N2O2/c1-19(2)22-9-7-10-23(20(3)4)28(22)32-29(35)33-18-24-25-11-8-14-30(25,5)15-13-26(24)31(6)16-12-21(34)17-27(31)33/h7,9-10,17,19-20,24-26H,8,11-16,18H2,1-6H3,(H,32,35)/t24-,25-,26-,30-,31+/m0/s1. The van der Waals surface area contributed by atoms with E-state index in [1.54, 1.807) is 0 Å². The van der Waals surface area contributed by atoms with Gasteiger partial charge in [-0.1, -0.05) is 66.2 Å². The highest BCUT2D eigenvalue weighted by Crippen LogP contribution is 2.64. The van der Waals surface area contributed by atoms with Crippen LogP contribution in [0.5, 0.6) is 0 Å². The summed E-state index contributed by atoms with van der Waals surface area (Å²) in [6, 6.07) is 6.32. The summed E-state index contributed by atoms with van der Waals surface area (Å²) in [6.07, 6.45) is 9.73. The molecule has 4 heteroatoms.